The van der Waals surface area contributed by atoms with Gasteiger partial charge in [0.2, 0.25) is 0 Å². The molecule has 1 heterocycles. The summed E-state index contributed by atoms with van der Waals surface area (Å²) >= 11 is 0. The van der Waals surface area contributed by atoms with Gasteiger partial charge in [0, 0.05) is 23.6 Å². The van der Waals surface area contributed by atoms with Crippen LogP contribution < -0.4 is 9.57 Å². The van der Waals surface area contributed by atoms with Gasteiger partial charge >= 0.3 is 0 Å². The summed E-state index contributed by atoms with van der Waals surface area (Å²) in [6.45, 7) is 1.55. The van der Waals surface area contributed by atoms with Crippen molar-refractivity contribution in [3.63, 3.8) is 0 Å². The number of ether oxygens (including phenoxy) is 1. The van der Waals surface area contributed by atoms with E-state index in [1.165, 1.54) is 12.1 Å². The Bertz CT molecular complexity index is 1270. The molecule has 4 rings (SSSR count). The number of nitrogens with one attached hydrogen (secondary N) is 1. The number of hydrogen-bond donors (Lipinski definition) is 1. The lowest BCUT2D eigenvalue weighted by atomic mass is 9.96. The zero-order valence-electron chi connectivity index (χ0n) is 16.6. The van der Waals surface area contributed by atoms with E-state index < -0.39 is 14.9 Å². The van der Waals surface area contributed by atoms with Crippen LogP contribution in [0.5, 0.6) is 5.75 Å². The van der Waals surface area contributed by atoms with Crippen molar-refractivity contribution < 1.29 is 18.1 Å². The summed E-state index contributed by atoms with van der Waals surface area (Å²) in [4.78, 5) is 12.5. The Labute approximate surface area is 179 Å². The van der Waals surface area contributed by atoms with Crippen molar-refractivity contribution in [1.29, 1.82) is 0 Å². The first-order valence-electron chi connectivity index (χ1n) is 9.49. The largest absolute Gasteiger partial charge is 0.485 e. The third-order valence-corrected chi connectivity index (χ3v) is 6.21. The van der Waals surface area contributed by atoms with Gasteiger partial charge in [0.25, 0.3) is 15.7 Å². The molecule has 158 valence electrons. The predicted octanol–water partition coefficient (Wildman–Crippen LogP) is 4.11. The number of para-hydroxylation sites is 1. The molecule has 9 heteroatoms. The van der Waals surface area contributed by atoms with Crippen LogP contribution in [0, 0.1) is 17.0 Å². The Morgan fingerprint density at radius 2 is 1.77 bits per heavy atom. The minimum Gasteiger partial charge on any atom is -0.485 e. The fourth-order valence-electron chi connectivity index (χ4n) is 3.37. The predicted molar refractivity (Wildman–Crippen MR) is 116 cm³/mol. The normalized spacial score (nSPS) is 16.9. The SMILES string of the molecule is Cc1ccc(S(=O)(=O)N/N=C2\CC(c3ccccc3)Oc3ccccc32)cc1[N+](=O)[O-]. The molecule has 8 nitrogen and oxygen atoms in total. The van der Waals surface area contributed by atoms with Crippen LogP contribution in [-0.2, 0) is 10.0 Å². The number of nitro benzene ring substituents is 1. The molecule has 0 aliphatic carbocycles. The minimum absolute atomic E-state index is 0.228. The first kappa shape index (κ1) is 20.5. The summed E-state index contributed by atoms with van der Waals surface area (Å²) in [5.41, 5.74) is 2.25. The van der Waals surface area contributed by atoms with E-state index in [2.05, 4.69) is 9.93 Å². The minimum atomic E-state index is -4.10. The molecule has 0 bridgehead atoms. The van der Waals surface area contributed by atoms with Crippen LogP contribution in [0.4, 0.5) is 5.69 Å². The fourth-order valence-corrected chi connectivity index (χ4v) is 4.22. The summed E-state index contributed by atoms with van der Waals surface area (Å²) in [6, 6.07) is 20.6. The van der Waals surface area contributed by atoms with Crippen molar-refractivity contribution >= 4 is 21.4 Å². The second-order valence-electron chi connectivity index (χ2n) is 7.08. The third kappa shape index (κ3) is 4.26. The molecule has 1 unspecified atom stereocenters. The fraction of sp³-hybridized carbons (Fsp3) is 0.136. The number of benzene rings is 3. The van der Waals surface area contributed by atoms with Crippen LogP contribution in [-0.4, -0.2) is 19.1 Å². The summed E-state index contributed by atoms with van der Waals surface area (Å²) in [5, 5.41) is 15.3. The molecule has 31 heavy (non-hydrogen) atoms. The van der Waals surface area contributed by atoms with Crippen LogP contribution in [0.1, 0.15) is 29.2 Å². The highest BCUT2D eigenvalue weighted by molar-refractivity contribution is 7.89. The number of hydrazone groups is 1. The van der Waals surface area contributed by atoms with Crippen molar-refractivity contribution in [3.05, 3.63) is 99.6 Å². The van der Waals surface area contributed by atoms with E-state index in [-0.39, 0.29) is 16.7 Å². The van der Waals surface area contributed by atoms with E-state index in [4.69, 9.17) is 4.74 Å². The first-order chi connectivity index (χ1) is 14.8. The average molecular weight is 437 g/mol. The maximum absolute atomic E-state index is 12.8. The third-order valence-electron chi connectivity index (χ3n) is 5.01. The smallest absolute Gasteiger partial charge is 0.276 e. The molecule has 0 saturated carbocycles. The van der Waals surface area contributed by atoms with E-state index in [1.54, 1.807) is 19.1 Å². The van der Waals surface area contributed by atoms with Crippen molar-refractivity contribution in [2.45, 2.75) is 24.3 Å². The van der Waals surface area contributed by atoms with Crippen molar-refractivity contribution in [1.82, 2.24) is 4.83 Å². The van der Waals surface area contributed by atoms with Gasteiger partial charge in [-0.3, -0.25) is 10.1 Å². The molecule has 0 spiro atoms. The van der Waals surface area contributed by atoms with E-state index in [1.807, 2.05) is 42.5 Å². The quantitative estimate of drug-likeness (QED) is 0.477. The number of fused-ring (bicyclic) bond motifs is 1. The molecule has 0 amide bonds. The molecule has 1 aliphatic rings. The molecule has 3 aromatic rings. The number of hydrogen-bond acceptors (Lipinski definition) is 6. The number of rotatable bonds is 5. The average Bonchev–Trinajstić information content (AvgIpc) is 2.78. The molecule has 1 aliphatic heterocycles. The topological polar surface area (TPSA) is 111 Å². The monoisotopic (exact) mass is 437 g/mol. The van der Waals surface area contributed by atoms with Crippen LogP contribution in [0.2, 0.25) is 0 Å². The Balaban J connectivity index is 1.67. The van der Waals surface area contributed by atoms with Gasteiger partial charge in [0.15, 0.2) is 0 Å². The Kier molecular flexibility index (Phi) is 5.43. The highest BCUT2D eigenvalue weighted by atomic mass is 32.2. The lowest BCUT2D eigenvalue weighted by Gasteiger charge is -2.27. The van der Waals surface area contributed by atoms with Crippen molar-refractivity contribution in [3.8, 4) is 5.75 Å². The second kappa shape index (κ2) is 8.19. The van der Waals surface area contributed by atoms with Crippen LogP contribution in [0.25, 0.3) is 0 Å². The Hall–Kier alpha value is -3.72. The molecule has 0 saturated heterocycles. The number of sulfonamides is 1. The van der Waals surface area contributed by atoms with E-state index >= 15 is 0 Å². The van der Waals surface area contributed by atoms with Gasteiger partial charge in [0.1, 0.15) is 11.9 Å². The molecule has 3 aromatic carbocycles. The molecular weight excluding hydrogens is 418 g/mol. The van der Waals surface area contributed by atoms with Gasteiger partial charge in [-0.05, 0) is 30.7 Å². The summed E-state index contributed by atoms with van der Waals surface area (Å²) in [5.74, 6) is 0.603. The highest BCUT2D eigenvalue weighted by Crippen LogP contribution is 2.35. The zero-order valence-corrected chi connectivity index (χ0v) is 17.4. The molecular formula is C22H19N3O5S. The maximum Gasteiger partial charge on any atom is 0.276 e. The second-order valence-corrected chi connectivity index (χ2v) is 8.74. The molecule has 0 radical (unpaired) electrons. The molecule has 0 aromatic heterocycles. The summed E-state index contributed by atoms with van der Waals surface area (Å²) < 4.78 is 31.6. The van der Waals surface area contributed by atoms with Gasteiger partial charge in [-0.15, -0.1) is 0 Å². The van der Waals surface area contributed by atoms with Crippen LogP contribution in [0.3, 0.4) is 0 Å². The first-order valence-corrected chi connectivity index (χ1v) is 11.0. The van der Waals surface area contributed by atoms with E-state index in [0.717, 1.165) is 11.6 Å². The molecule has 1 N–H and O–H groups in total. The molecule has 1 atom stereocenters. The van der Waals surface area contributed by atoms with Crippen LogP contribution in [0.15, 0.2) is 82.8 Å². The Morgan fingerprint density at radius 3 is 2.52 bits per heavy atom. The van der Waals surface area contributed by atoms with Crippen molar-refractivity contribution in [2.24, 2.45) is 5.10 Å². The number of nitro groups is 1. The van der Waals surface area contributed by atoms with Gasteiger partial charge < -0.3 is 4.74 Å². The van der Waals surface area contributed by atoms with Crippen LogP contribution >= 0.6 is 0 Å². The Morgan fingerprint density at radius 1 is 1.06 bits per heavy atom. The number of aryl methyl sites for hydroxylation is 1. The van der Waals surface area contributed by atoms with Crippen molar-refractivity contribution in [2.75, 3.05) is 0 Å². The lowest BCUT2D eigenvalue weighted by molar-refractivity contribution is -0.385. The highest BCUT2D eigenvalue weighted by Gasteiger charge is 2.27. The lowest BCUT2D eigenvalue weighted by Crippen LogP contribution is -2.25. The summed E-state index contributed by atoms with van der Waals surface area (Å²) in [6.07, 6.45) is 0.0391. The zero-order chi connectivity index (χ0) is 22.0. The maximum atomic E-state index is 12.8. The van der Waals surface area contributed by atoms with E-state index in [0.29, 0.717) is 29.0 Å². The standard InChI is InChI=1S/C22H19N3O5S/c1-15-11-12-17(13-20(15)25(26)27)31(28,29)24-23-19-14-22(16-7-3-2-4-8-16)30-21-10-6-5-9-18(19)21/h2-13,22,24H,14H2,1H3/b23-19+. The van der Waals surface area contributed by atoms with Gasteiger partial charge in [-0.25, -0.2) is 0 Å². The van der Waals surface area contributed by atoms with Gasteiger partial charge in [0.05, 0.1) is 15.5 Å². The summed E-state index contributed by atoms with van der Waals surface area (Å²) in [7, 11) is -4.10. The van der Waals surface area contributed by atoms with E-state index in [9.17, 15) is 18.5 Å². The molecule has 0 fully saturated rings. The number of nitrogens with zero attached hydrogens (tertiary/aromatic N) is 2. The van der Waals surface area contributed by atoms with Gasteiger partial charge in [-0.2, -0.15) is 18.4 Å². The van der Waals surface area contributed by atoms with Gasteiger partial charge in [-0.1, -0.05) is 48.5 Å².